The average Bonchev–Trinajstić information content (AvgIpc) is 2.42. The van der Waals surface area contributed by atoms with Crippen LogP contribution < -0.4 is 15.8 Å². The molecule has 0 unspecified atom stereocenters. The predicted molar refractivity (Wildman–Crippen MR) is 84.3 cm³/mol. The minimum Gasteiger partial charge on any atom is -0.493 e. The van der Waals surface area contributed by atoms with Gasteiger partial charge in [0.25, 0.3) is 0 Å². The Bertz CT molecular complexity index is 422. The smallest absolute Gasteiger partial charge is 0.223 e. The molecule has 3 N–H and O–H groups in total. The van der Waals surface area contributed by atoms with Gasteiger partial charge in [0.1, 0.15) is 5.75 Å². The van der Waals surface area contributed by atoms with E-state index in [1.165, 1.54) is 0 Å². The molecule has 0 spiro atoms. The minimum atomic E-state index is -0.0358. The van der Waals surface area contributed by atoms with Gasteiger partial charge < -0.3 is 20.5 Å². The molecule has 0 aromatic heterocycles. The number of carbonyl (C=O) groups excluding carboxylic acids is 1. The molecule has 0 heterocycles. The summed E-state index contributed by atoms with van der Waals surface area (Å²) in [7, 11) is 0. The fourth-order valence-corrected chi connectivity index (χ4v) is 1.64. The van der Waals surface area contributed by atoms with Crippen molar-refractivity contribution in [2.75, 3.05) is 32.1 Å². The van der Waals surface area contributed by atoms with Crippen LogP contribution in [-0.2, 0) is 9.53 Å². The van der Waals surface area contributed by atoms with Gasteiger partial charge in [0.05, 0.1) is 19.6 Å². The lowest BCUT2D eigenvalue weighted by atomic mass is 10.1. The van der Waals surface area contributed by atoms with Crippen molar-refractivity contribution in [3.05, 3.63) is 24.3 Å². The van der Waals surface area contributed by atoms with Crippen molar-refractivity contribution >= 4 is 11.6 Å². The van der Waals surface area contributed by atoms with E-state index in [9.17, 15) is 4.79 Å². The van der Waals surface area contributed by atoms with Gasteiger partial charge in [0, 0.05) is 24.9 Å². The zero-order valence-electron chi connectivity index (χ0n) is 12.9. The molecule has 1 rings (SSSR count). The first-order chi connectivity index (χ1) is 10.1. The van der Waals surface area contributed by atoms with Crippen molar-refractivity contribution in [1.29, 1.82) is 0 Å². The molecule has 0 aliphatic rings. The van der Waals surface area contributed by atoms with Crippen LogP contribution in [0.2, 0.25) is 0 Å². The lowest BCUT2D eigenvalue weighted by Gasteiger charge is -2.09. The topological polar surface area (TPSA) is 73.6 Å². The van der Waals surface area contributed by atoms with Gasteiger partial charge in [0.15, 0.2) is 0 Å². The van der Waals surface area contributed by atoms with Crippen molar-refractivity contribution < 1.29 is 14.3 Å². The Hall–Kier alpha value is -1.75. The fraction of sp³-hybridized carbons (Fsp3) is 0.562. The maximum Gasteiger partial charge on any atom is 0.223 e. The van der Waals surface area contributed by atoms with E-state index in [1.54, 1.807) is 12.1 Å². The molecule has 1 aromatic carbocycles. The highest BCUT2D eigenvalue weighted by atomic mass is 16.5. The first kappa shape index (κ1) is 17.3. The van der Waals surface area contributed by atoms with E-state index in [0.29, 0.717) is 43.5 Å². The maximum atomic E-state index is 11.6. The predicted octanol–water partition coefficient (Wildman–Crippen LogP) is 2.22. The third kappa shape index (κ3) is 8.92. The lowest BCUT2D eigenvalue weighted by Crippen LogP contribution is -2.28. The SMILES string of the molecule is CC(C)CCOCCNC(=O)CCOc1cccc(N)c1. The number of nitrogens with one attached hydrogen (secondary N) is 1. The molecule has 5 heteroatoms. The van der Waals surface area contributed by atoms with E-state index in [2.05, 4.69) is 19.2 Å². The summed E-state index contributed by atoms with van der Waals surface area (Å²) in [5, 5.41) is 2.80. The Labute approximate surface area is 126 Å². The van der Waals surface area contributed by atoms with Crippen LogP contribution in [0.4, 0.5) is 5.69 Å². The first-order valence-electron chi connectivity index (χ1n) is 7.40. The average molecular weight is 294 g/mol. The Kier molecular flexibility index (Phi) is 8.28. The van der Waals surface area contributed by atoms with E-state index < -0.39 is 0 Å². The van der Waals surface area contributed by atoms with Crippen LogP contribution in [0.1, 0.15) is 26.7 Å². The summed E-state index contributed by atoms with van der Waals surface area (Å²) in [6, 6.07) is 7.16. The number of amides is 1. The number of anilines is 1. The Balaban J connectivity index is 2.01. The number of nitrogen functional groups attached to an aromatic ring is 1. The van der Waals surface area contributed by atoms with Gasteiger partial charge in [-0.25, -0.2) is 0 Å². The normalized spacial score (nSPS) is 10.6. The van der Waals surface area contributed by atoms with Crippen molar-refractivity contribution in [2.24, 2.45) is 5.92 Å². The second-order valence-electron chi connectivity index (χ2n) is 5.32. The molecular weight excluding hydrogens is 268 g/mol. The molecule has 21 heavy (non-hydrogen) atoms. The van der Waals surface area contributed by atoms with Gasteiger partial charge in [-0.15, -0.1) is 0 Å². The summed E-state index contributed by atoms with van der Waals surface area (Å²) in [5.41, 5.74) is 6.29. The largest absolute Gasteiger partial charge is 0.493 e. The van der Waals surface area contributed by atoms with Crippen LogP contribution in [0.25, 0.3) is 0 Å². The molecule has 0 aliphatic carbocycles. The standard InChI is InChI=1S/C16H26N2O3/c1-13(2)6-9-20-11-8-18-16(19)7-10-21-15-5-3-4-14(17)12-15/h3-5,12-13H,6-11,17H2,1-2H3,(H,18,19). The third-order valence-corrected chi connectivity index (χ3v) is 2.86. The number of hydrogen-bond acceptors (Lipinski definition) is 4. The van der Waals surface area contributed by atoms with Crippen molar-refractivity contribution in [1.82, 2.24) is 5.32 Å². The van der Waals surface area contributed by atoms with Crippen molar-refractivity contribution in [2.45, 2.75) is 26.7 Å². The molecule has 0 bridgehead atoms. The quantitative estimate of drug-likeness (QED) is 0.512. The summed E-state index contributed by atoms with van der Waals surface area (Å²) in [4.78, 5) is 11.6. The highest BCUT2D eigenvalue weighted by molar-refractivity contribution is 5.75. The molecule has 1 amide bonds. The van der Waals surface area contributed by atoms with Gasteiger partial charge in [-0.2, -0.15) is 0 Å². The highest BCUT2D eigenvalue weighted by Gasteiger charge is 2.02. The summed E-state index contributed by atoms with van der Waals surface area (Å²) in [5.74, 6) is 1.29. The second kappa shape index (κ2) is 10.0. The van der Waals surface area contributed by atoms with E-state index in [1.807, 2.05) is 12.1 Å². The van der Waals surface area contributed by atoms with Gasteiger partial charge in [-0.3, -0.25) is 4.79 Å². The van der Waals surface area contributed by atoms with Crippen LogP contribution in [0, 0.1) is 5.92 Å². The van der Waals surface area contributed by atoms with Crippen molar-refractivity contribution in [3.63, 3.8) is 0 Å². The number of carbonyl (C=O) groups is 1. The zero-order chi connectivity index (χ0) is 15.5. The van der Waals surface area contributed by atoms with E-state index in [-0.39, 0.29) is 5.91 Å². The van der Waals surface area contributed by atoms with Crippen LogP contribution >= 0.6 is 0 Å². The van der Waals surface area contributed by atoms with Crippen molar-refractivity contribution in [3.8, 4) is 5.75 Å². The molecule has 0 saturated heterocycles. The number of rotatable bonds is 10. The third-order valence-electron chi connectivity index (χ3n) is 2.86. The van der Waals surface area contributed by atoms with Crippen LogP contribution in [0.3, 0.4) is 0 Å². The molecule has 0 aliphatic heterocycles. The molecule has 5 nitrogen and oxygen atoms in total. The molecule has 0 atom stereocenters. The summed E-state index contributed by atoms with van der Waals surface area (Å²) >= 11 is 0. The lowest BCUT2D eigenvalue weighted by molar-refractivity contribution is -0.121. The van der Waals surface area contributed by atoms with E-state index in [4.69, 9.17) is 15.2 Å². The number of hydrogen-bond donors (Lipinski definition) is 2. The molecular formula is C16H26N2O3. The number of nitrogens with two attached hydrogens (primary N) is 1. The van der Waals surface area contributed by atoms with Gasteiger partial charge in [0.2, 0.25) is 5.91 Å². The Morgan fingerprint density at radius 1 is 1.29 bits per heavy atom. The maximum absolute atomic E-state index is 11.6. The second-order valence-corrected chi connectivity index (χ2v) is 5.32. The molecule has 1 aromatic rings. The van der Waals surface area contributed by atoms with Gasteiger partial charge in [-0.1, -0.05) is 19.9 Å². The number of ether oxygens (including phenoxy) is 2. The van der Waals surface area contributed by atoms with E-state index in [0.717, 1.165) is 13.0 Å². The van der Waals surface area contributed by atoms with Crippen LogP contribution in [0.15, 0.2) is 24.3 Å². The minimum absolute atomic E-state index is 0.0358. The molecule has 0 saturated carbocycles. The zero-order valence-corrected chi connectivity index (χ0v) is 12.9. The Morgan fingerprint density at radius 3 is 2.81 bits per heavy atom. The van der Waals surface area contributed by atoms with E-state index >= 15 is 0 Å². The van der Waals surface area contributed by atoms with Crippen LogP contribution in [0.5, 0.6) is 5.75 Å². The fourth-order valence-electron chi connectivity index (χ4n) is 1.64. The first-order valence-corrected chi connectivity index (χ1v) is 7.40. The molecule has 0 fully saturated rings. The number of benzene rings is 1. The molecule has 0 radical (unpaired) electrons. The summed E-state index contributed by atoms with van der Waals surface area (Å²) in [6.07, 6.45) is 1.36. The highest BCUT2D eigenvalue weighted by Crippen LogP contribution is 2.14. The van der Waals surface area contributed by atoms with Gasteiger partial charge >= 0.3 is 0 Å². The van der Waals surface area contributed by atoms with Crippen LogP contribution in [-0.4, -0.2) is 32.3 Å². The van der Waals surface area contributed by atoms with Gasteiger partial charge in [-0.05, 0) is 24.5 Å². The Morgan fingerprint density at radius 2 is 2.10 bits per heavy atom. The summed E-state index contributed by atoms with van der Waals surface area (Å²) < 4.78 is 10.9. The molecule has 118 valence electrons. The monoisotopic (exact) mass is 294 g/mol. The summed E-state index contributed by atoms with van der Waals surface area (Å²) in [6.45, 7) is 6.48.